The van der Waals surface area contributed by atoms with E-state index < -0.39 is 0 Å². The number of nitrogens with two attached hydrogens (primary N) is 1. The zero-order valence-electron chi connectivity index (χ0n) is 11.4. The second kappa shape index (κ2) is 5.04. The lowest BCUT2D eigenvalue weighted by Gasteiger charge is -2.29. The van der Waals surface area contributed by atoms with Gasteiger partial charge >= 0.3 is 0 Å². The highest BCUT2D eigenvalue weighted by Crippen LogP contribution is 2.33. The van der Waals surface area contributed by atoms with Crippen molar-refractivity contribution in [1.29, 1.82) is 0 Å². The number of aliphatic hydroxyl groups is 1. The van der Waals surface area contributed by atoms with Crippen LogP contribution in [0.5, 0.6) is 0 Å². The average molecular weight is 256 g/mol. The molecule has 98 valence electrons. The molecule has 1 unspecified atom stereocenters. The molecule has 1 rings (SSSR count). The van der Waals surface area contributed by atoms with Crippen molar-refractivity contribution >= 4 is 11.3 Å². The molecule has 0 saturated heterocycles. The van der Waals surface area contributed by atoms with E-state index in [0.717, 1.165) is 10.7 Å². The molecule has 1 atom stereocenters. The SMILES string of the molecule is CC(C)(C)c1nc(C(CCO)C(C)(C)N)cs1. The highest BCUT2D eigenvalue weighted by Gasteiger charge is 2.29. The Morgan fingerprint density at radius 2 is 1.94 bits per heavy atom. The summed E-state index contributed by atoms with van der Waals surface area (Å²) in [5.74, 6) is 0.111. The number of aliphatic hydroxyl groups excluding tert-OH is 1. The summed E-state index contributed by atoms with van der Waals surface area (Å²) in [5.41, 5.74) is 6.90. The van der Waals surface area contributed by atoms with Crippen LogP contribution in [0.15, 0.2) is 5.38 Å². The summed E-state index contributed by atoms with van der Waals surface area (Å²) in [5, 5.41) is 12.4. The Kier molecular flexibility index (Phi) is 4.33. The first-order chi connectivity index (χ1) is 7.66. The van der Waals surface area contributed by atoms with E-state index in [1.165, 1.54) is 0 Å². The molecule has 0 aliphatic heterocycles. The zero-order valence-corrected chi connectivity index (χ0v) is 12.3. The molecule has 0 bridgehead atoms. The summed E-state index contributed by atoms with van der Waals surface area (Å²) in [6, 6.07) is 0. The Bertz CT molecular complexity index is 360. The fourth-order valence-electron chi connectivity index (χ4n) is 1.82. The Morgan fingerprint density at radius 1 is 1.35 bits per heavy atom. The fourth-order valence-corrected chi connectivity index (χ4v) is 2.78. The summed E-state index contributed by atoms with van der Waals surface area (Å²) in [6.45, 7) is 10.6. The van der Waals surface area contributed by atoms with Crippen LogP contribution in [0.25, 0.3) is 0 Å². The van der Waals surface area contributed by atoms with Crippen molar-refractivity contribution in [3.63, 3.8) is 0 Å². The van der Waals surface area contributed by atoms with Gasteiger partial charge in [0, 0.05) is 28.9 Å². The summed E-state index contributed by atoms with van der Waals surface area (Å²) in [6.07, 6.45) is 0.664. The van der Waals surface area contributed by atoms with Crippen LogP contribution < -0.4 is 5.73 Å². The predicted molar refractivity (Wildman–Crippen MR) is 73.5 cm³/mol. The summed E-state index contributed by atoms with van der Waals surface area (Å²) < 4.78 is 0. The zero-order chi connectivity index (χ0) is 13.3. The van der Waals surface area contributed by atoms with Crippen molar-refractivity contribution in [2.45, 2.75) is 57.9 Å². The van der Waals surface area contributed by atoms with Crippen LogP contribution in [0.3, 0.4) is 0 Å². The molecule has 3 nitrogen and oxygen atoms in total. The minimum absolute atomic E-state index is 0.0748. The first kappa shape index (κ1) is 14.6. The third-order valence-electron chi connectivity index (χ3n) is 2.84. The molecular weight excluding hydrogens is 232 g/mol. The summed E-state index contributed by atoms with van der Waals surface area (Å²) in [4.78, 5) is 4.69. The van der Waals surface area contributed by atoms with E-state index in [4.69, 9.17) is 15.8 Å². The highest BCUT2D eigenvalue weighted by molar-refractivity contribution is 7.09. The second-order valence-electron chi connectivity index (χ2n) is 6.21. The van der Waals surface area contributed by atoms with Gasteiger partial charge in [0.05, 0.1) is 10.7 Å². The summed E-state index contributed by atoms with van der Waals surface area (Å²) >= 11 is 1.68. The third-order valence-corrected chi connectivity index (χ3v) is 4.12. The van der Waals surface area contributed by atoms with E-state index in [9.17, 15) is 0 Å². The Hall–Kier alpha value is -0.450. The van der Waals surface area contributed by atoms with Crippen LogP contribution >= 0.6 is 11.3 Å². The third kappa shape index (κ3) is 3.76. The van der Waals surface area contributed by atoms with Gasteiger partial charge in [-0.05, 0) is 20.3 Å². The van der Waals surface area contributed by atoms with E-state index in [1.54, 1.807) is 11.3 Å². The van der Waals surface area contributed by atoms with Crippen LogP contribution in [0.1, 0.15) is 57.7 Å². The van der Waals surface area contributed by atoms with E-state index >= 15 is 0 Å². The molecule has 0 amide bonds. The van der Waals surface area contributed by atoms with Gasteiger partial charge in [0.15, 0.2) is 0 Å². The first-order valence-electron chi connectivity index (χ1n) is 6.02. The van der Waals surface area contributed by atoms with Gasteiger partial charge in [0.25, 0.3) is 0 Å². The fraction of sp³-hybridized carbons (Fsp3) is 0.769. The number of thiazole rings is 1. The van der Waals surface area contributed by atoms with Gasteiger partial charge in [0.2, 0.25) is 0 Å². The molecule has 4 heteroatoms. The lowest BCUT2D eigenvalue weighted by atomic mass is 9.84. The molecule has 17 heavy (non-hydrogen) atoms. The summed E-state index contributed by atoms with van der Waals surface area (Å²) in [7, 11) is 0. The highest BCUT2D eigenvalue weighted by atomic mass is 32.1. The monoisotopic (exact) mass is 256 g/mol. The lowest BCUT2D eigenvalue weighted by molar-refractivity contribution is 0.248. The minimum Gasteiger partial charge on any atom is -0.396 e. The van der Waals surface area contributed by atoms with Crippen LogP contribution in [0, 0.1) is 0 Å². The molecule has 0 saturated carbocycles. The van der Waals surface area contributed by atoms with Gasteiger partial charge in [-0.3, -0.25) is 0 Å². The smallest absolute Gasteiger partial charge is 0.0982 e. The molecule has 0 fully saturated rings. The van der Waals surface area contributed by atoms with Crippen molar-refractivity contribution in [2.75, 3.05) is 6.61 Å². The molecule has 1 heterocycles. The minimum atomic E-state index is -0.355. The number of rotatable bonds is 4. The van der Waals surface area contributed by atoms with Gasteiger partial charge in [-0.1, -0.05) is 20.8 Å². The van der Waals surface area contributed by atoms with Gasteiger partial charge in [0.1, 0.15) is 0 Å². The van der Waals surface area contributed by atoms with Crippen molar-refractivity contribution in [1.82, 2.24) is 4.98 Å². The van der Waals surface area contributed by atoms with Gasteiger partial charge in [-0.2, -0.15) is 0 Å². The van der Waals surface area contributed by atoms with E-state index in [0.29, 0.717) is 6.42 Å². The quantitative estimate of drug-likeness (QED) is 0.870. The first-order valence-corrected chi connectivity index (χ1v) is 6.90. The van der Waals surface area contributed by atoms with Crippen molar-refractivity contribution < 1.29 is 5.11 Å². The van der Waals surface area contributed by atoms with Crippen molar-refractivity contribution in [2.24, 2.45) is 5.73 Å². The molecule has 1 aromatic rings. The Morgan fingerprint density at radius 3 is 2.29 bits per heavy atom. The predicted octanol–water partition coefficient (Wildman–Crippen LogP) is 2.64. The topological polar surface area (TPSA) is 59.1 Å². The maximum Gasteiger partial charge on any atom is 0.0982 e. The Balaban J connectivity index is 3.01. The maximum absolute atomic E-state index is 9.15. The largest absolute Gasteiger partial charge is 0.396 e. The van der Waals surface area contributed by atoms with Gasteiger partial charge in [-0.25, -0.2) is 4.98 Å². The molecule has 0 aliphatic rings. The molecule has 0 aliphatic carbocycles. The average Bonchev–Trinajstić information content (AvgIpc) is 2.59. The van der Waals surface area contributed by atoms with Crippen molar-refractivity contribution in [3.8, 4) is 0 Å². The Labute approximate surface area is 108 Å². The molecule has 0 aromatic carbocycles. The van der Waals surface area contributed by atoms with Crippen molar-refractivity contribution in [3.05, 3.63) is 16.1 Å². The van der Waals surface area contributed by atoms with Crippen LogP contribution in [-0.4, -0.2) is 22.2 Å². The number of hydrogen-bond donors (Lipinski definition) is 2. The second-order valence-corrected chi connectivity index (χ2v) is 7.07. The maximum atomic E-state index is 9.15. The van der Waals surface area contributed by atoms with Gasteiger partial charge in [-0.15, -0.1) is 11.3 Å². The number of nitrogens with zero attached hydrogens (tertiary/aromatic N) is 1. The molecular formula is C13H24N2OS. The molecule has 0 radical (unpaired) electrons. The standard InChI is InChI=1S/C13H24N2OS/c1-12(2,3)11-15-10(8-17-11)9(6-7-16)13(4,5)14/h8-9,16H,6-7,14H2,1-5H3. The van der Waals surface area contributed by atoms with E-state index in [-0.39, 0.29) is 23.5 Å². The normalized spacial score (nSPS) is 15.0. The molecule has 1 aromatic heterocycles. The lowest BCUT2D eigenvalue weighted by Crippen LogP contribution is -2.40. The number of aromatic nitrogens is 1. The molecule has 0 spiro atoms. The number of hydrogen-bond acceptors (Lipinski definition) is 4. The van der Waals surface area contributed by atoms with Gasteiger partial charge < -0.3 is 10.8 Å². The van der Waals surface area contributed by atoms with Crippen LogP contribution in [-0.2, 0) is 5.41 Å². The van der Waals surface area contributed by atoms with E-state index in [1.807, 2.05) is 13.8 Å². The van der Waals surface area contributed by atoms with Crippen LogP contribution in [0.4, 0.5) is 0 Å². The van der Waals surface area contributed by atoms with Crippen LogP contribution in [0.2, 0.25) is 0 Å². The molecule has 3 N–H and O–H groups in total. The van der Waals surface area contributed by atoms with E-state index in [2.05, 4.69) is 26.2 Å².